The molecule has 6 nitrogen and oxygen atoms in total. The summed E-state index contributed by atoms with van der Waals surface area (Å²) in [4.78, 5) is 32.9. The Bertz CT molecular complexity index is 944. The summed E-state index contributed by atoms with van der Waals surface area (Å²) in [6.07, 6.45) is 7.02. The topological polar surface area (TPSA) is 83.5 Å². The zero-order chi connectivity index (χ0) is 21.1. The summed E-state index contributed by atoms with van der Waals surface area (Å²) in [5.74, 6) is 0.381. The second kappa shape index (κ2) is 9.08. The van der Waals surface area contributed by atoms with Crippen LogP contribution < -0.4 is 10.6 Å². The average Bonchev–Trinajstić information content (AvgIpc) is 3.23. The highest BCUT2D eigenvalue weighted by Crippen LogP contribution is 2.40. The second-order valence-corrected chi connectivity index (χ2v) is 9.00. The molecule has 4 rings (SSSR count). The van der Waals surface area contributed by atoms with Gasteiger partial charge in [-0.15, -0.1) is 11.3 Å². The number of thiazole rings is 1. The van der Waals surface area contributed by atoms with Gasteiger partial charge in [0, 0.05) is 29.6 Å². The molecule has 1 saturated carbocycles. The van der Waals surface area contributed by atoms with Crippen molar-refractivity contribution in [1.82, 2.24) is 10.3 Å². The minimum Gasteiger partial charge on any atom is -0.328 e. The first kappa shape index (κ1) is 20.7. The normalized spacial score (nSPS) is 22.3. The Morgan fingerprint density at radius 2 is 1.93 bits per heavy atom. The molecule has 158 valence electrons. The fourth-order valence-corrected chi connectivity index (χ4v) is 5.57. The van der Waals surface area contributed by atoms with Crippen molar-refractivity contribution in [3.8, 4) is 0 Å². The molecule has 2 heterocycles. The van der Waals surface area contributed by atoms with E-state index in [-0.39, 0.29) is 23.9 Å². The van der Waals surface area contributed by atoms with Gasteiger partial charge in [0.2, 0.25) is 5.91 Å². The number of carbonyl (C=O) groups excluding carboxylic acids is 2. The lowest BCUT2D eigenvalue weighted by atomic mass is 9.86. The summed E-state index contributed by atoms with van der Waals surface area (Å²) in [6, 6.07) is 7.12. The zero-order valence-electron chi connectivity index (χ0n) is 17.5. The Morgan fingerprint density at radius 1 is 1.20 bits per heavy atom. The third-order valence-electron chi connectivity index (χ3n) is 6.00. The zero-order valence-corrected chi connectivity index (χ0v) is 18.3. The lowest BCUT2D eigenvalue weighted by Gasteiger charge is -2.31. The number of aliphatic imine (C=N–C) groups is 1. The number of carbonyl (C=O) groups is 2. The van der Waals surface area contributed by atoms with E-state index in [1.807, 2.05) is 31.2 Å². The van der Waals surface area contributed by atoms with Crippen LogP contribution >= 0.6 is 11.3 Å². The van der Waals surface area contributed by atoms with E-state index in [2.05, 4.69) is 21.0 Å². The maximum atomic E-state index is 12.3. The van der Waals surface area contributed by atoms with Gasteiger partial charge in [0.25, 0.3) is 0 Å². The first-order chi connectivity index (χ1) is 14.5. The van der Waals surface area contributed by atoms with E-state index in [4.69, 9.17) is 4.98 Å². The van der Waals surface area contributed by atoms with Crippen LogP contribution in [-0.4, -0.2) is 22.6 Å². The van der Waals surface area contributed by atoms with Gasteiger partial charge in [-0.05, 0) is 37.0 Å². The largest absolute Gasteiger partial charge is 0.341 e. The van der Waals surface area contributed by atoms with Crippen molar-refractivity contribution in [3.63, 3.8) is 0 Å². The molecule has 0 spiro atoms. The van der Waals surface area contributed by atoms with Gasteiger partial charge in [0.15, 0.2) is 0 Å². The maximum Gasteiger partial charge on any atom is 0.341 e. The van der Waals surface area contributed by atoms with Crippen molar-refractivity contribution in [2.24, 2.45) is 4.99 Å². The standard InChI is InChI=1S/C23H28N4O2S/c1-3-18-20(22-25-19(13-30-22)15-7-5-4-6-8-15)21(27-23(29)26-18)16-9-11-17(12-10-16)24-14(2)28/h9-13,15,20-21H,3-8H2,1-2H3,(H,24,28)(H,27,29). The molecule has 1 aromatic heterocycles. The molecule has 0 bridgehead atoms. The number of benzene rings is 1. The number of nitrogens with one attached hydrogen (secondary N) is 2. The Labute approximate surface area is 181 Å². The maximum absolute atomic E-state index is 12.3. The molecule has 30 heavy (non-hydrogen) atoms. The molecule has 2 atom stereocenters. The van der Waals surface area contributed by atoms with Crippen molar-refractivity contribution in [2.45, 2.75) is 70.3 Å². The number of urea groups is 1. The highest BCUT2D eigenvalue weighted by molar-refractivity contribution is 7.09. The van der Waals surface area contributed by atoms with Crippen LogP contribution in [0.5, 0.6) is 0 Å². The van der Waals surface area contributed by atoms with E-state index >= 15 is 0 Å². The molecular weight excluding hydrogens is 396 g/mol. The number of nitrogens with zero attached hydrogens (tertiary/aromatic N) is 2. The van der Waals surface area contributed by atoms with Crippen LogP contribution in [-0.2, 0) is 4.79 Å². The Kier molecular flexibility index (Phi) is 6.27. The average molecular weight is 425 g/mol. The van der Waals surface area contributed by atoms with E-state index in [1.54, 1.807) is 11.3 Å². The van der Waals surface area contributed by atoms with Crippen molar-refractivity contribution in [3.05, 3.63) is 45.9 Å². The number of anilines is 1. The molecule has 1 aromatic carbocycles. The van der Waals surface area contributed by atoms with Gasteiger partial charge in [-0.1, -0.05) is 38.3 Å². The first-order valence-corrected chi connectivity index (χ1v) is 11.6. The molecule has 0 saturated heterocycles. The highest BCUT2D eigenvalue weighted by Gasteiger charge is 2.36. The van der Waals surface area contributed by atoms with Crippen molar-refractivity contribution in [1.29, 1.82) is 0 Å². The third kappa shape index (κ3) is 4.46. The van der Waals surface area contributed by atoms with Crippen LogP contribution in [0.4, 0.5) is 10.5 Å². The number of hydrogen-bond donors (Lipinski definition) is 2. The number of amides is 3. The lowest BCUT2D eigenvalue weighted by molar-refractivity contribution is -0.114. The van der Waals surface area contributed by atoms with Gasteiger partial charge in [0.1, 0.15) is 5.01 Å². The number of hydrogen-bond acceptors (Lipinski definition) is 4. The monoisotopic (exact) mass is 424 g/mol. The fraction of sp³-hybridized carbons (Fsp3) is 0.478. The summed E-state index contributed by atoms with van der Waals surface area (Å²) in [6.45, 7) is 3.53. The molecule has 0 radical (unpaired) electrons. The van der Waals surface area contributed by atoms with Gasteiger partial charge in [-0.2, -0.15) is 0 Å². The second-order valence-electron chi connectivity index (χ2n) is 8.11. The van der Waals surface area contributed by atoms with Gasteiger partial charge < -0.3 is 10.6 Å². The number of rotatable bonds is 5. The van der Waals surface area contributed by atoms with Gasteiger partial charge >= 0.3 is 6.03 Å². The molecule has 1 aliphatic heterocycles. The first-order valence-electron chi connectivity index (χ1n) is 10.8. The van der Waals surface area contributed by atoms with Gasteiger partial charge in [-0.25, -0.2) is 14.8 Å². The van der Waals surface area contributed by atoms with Crippen LogP contribution in [0.3, 0.4) is 0 Å². The summed E-state index contributed by atoms with van der Waals surface area (Å²) in [5.41, 5.74) is 3.79. The van der Waals surface area contributed by atoms with Crippen LogP contribution in [0.25, 0.3) is 0 Å². The molecule has 3 amide bonds. The predicted molar refractivity (Wildman–Crippen MR) is 120 cm³/mol. The van der Waals surface area contributed by atoms with E-state index in [0.717, 1.165) is 22.0 Å². The van der Waals surface area contributed by atoms with E-state index < -0.39 is 0 Å². The van der Waals surface area contributed by atoms with E-state index in [1.165, 1.54) is 44.7 Å². The Balaban J connectivity index is 1.65. The molecular formula is C23H28N4O2S. The molecule has 7 heteroatoms. The smallest absolute Gasteiger partial charge is 0.328 e. The SMILES string of the molecule is CCC1=NC(=O)NC(c2ccc(NC(C)=O)cc2)C1c1nc(C2CCCCC2)cs1. The number of aromatic nitrogens is 1. The van der Waals surface area contributed by atoms with Crippen molar-refractivity contribution < 1.29 is 9.59 Å². The fourth-order valence-electron chi connectivity index (χ4n) is 4.51. The summed E-state index contributed by atoms with van der Waals surface area (Å²) in [7, 11) is 0. The minimum atomic E-state index is -0.303. The third-order valence-corrected chi connectivity index (χ3v) is 6.94. The van der Waals surface area contributed by atoms with Gasteiger partial charge in [0.05, 0.1) is 17.7 Å². The molecule has 2 aromatic rings. The van der Waals surface area contributed by atoms with Crippen LogP contribution in [0, 0.1) is 0 Å². The van der Waals surface area contributed by atoms with E-state index in [0.29, 0.717) is 12.3 Å². The highest BCUT2D eigenvalue weighted by atomic mass is 32.1. The molecule has 2 unspecified atom stereocenters. The quantitative estimate of drug-likeness (QED) is 0.660. The molecule has 1 fully saturated rings. The summed E-state index contributed by atoms with van der Waals surface area (Å²) >= 11 is 1.68. The van der Waals surface area contributed by atoms with Crippen LogP contribution in [0.1, 0.15) is 86.5 Å². The molecule has 2 aliphatic rings. The van der Waals surface area contributed by atoms with Gasteiger partial charge in [-0.3, -0.25) is 4.79 Å². The molecule has 1 aliphatic carbocycles. The van der Waals surface area contributed by atoms with Crippen molar-refractivity contribution >= 4 is 34.7 Å². The summed E-state index contributed by atoms with van der Waals surface area (Å²) in [5, 5.41) is 9.05. The molecule has 2 N–H and O–H groups in total. The minimum absolute atomic E-state index is 0.0679. The lowest BCUT2D eigenvalue weighted by Crippen LogP contribution is -2.39. The summed E-state index contributed by atoms with van der Waals surface area (Å²) < 4.78 is 0. The predicted octanol–water partition coefficient (Wildman–Crippen LogP) is 5.55. The van der Waals surface area contributed by atoms with Crippen LogP contribution in [0.2, 0.25) is 0 Å². The Hall–Kier alpha value is -2.54. The Morgan fingerprint density at radius 3 is 2.60 bits per heavy atom. The van der Waals surface area contributed by atoms with E-state index in [9.17, 15) is 9.59 Å². The van der Waals surface area contributed by atoms with Crippen molar-refractivity contribution in [2.75, 3.05) is 5.32 Å². The van der Waals surface area contributed by atoms with Crippen LogP contribution in [0.15, 0.2) is 34.6 Å².